The zero-order chi connectivity index (χ0) is 10.4. The lowest BCUT2D eigenvalue weighted by molar-refractivity contribution is 0.335. The summed E-state index contributed by atoms with van der Waals surface area (Å²) in [6, 6.07) is 4.32. The first-order chi connectivity index (χ1) is 6.74. The van der Waals surface area contributed by atoms with E-state index in [4.69, 9.17) is 4.42 Å². The third kappa shape index (κ3) is 3.52. The van der Waals surface area contributed by atoms with Gasteiger partial charge in [0.1, 0.15) is 5.76 Å². The fraction of sp³-hybridized carbons (Fsp3) is 0.636. The first-order valence-electron chi connectivity index (χ1n) is 5.15. The highest BCUT2D eigenvalue weighted by atomic mass is 16.3. The van der Waals surface area contributed by atoms with Crippen molar-refractivity contribution in [3.05, 3.63) is 24.2 Å². The monoisotopic (exact) mass is 196 g/mol. The van der Waals surface area contributed by atoms with Gasteiger partial charge in [-0.2, -0.15) is 0 Å². The minimum absolute atomic E-state index is 0.345. The molecular formula is C11H20N2O. The second kappa shape index (κ2) is 5.83. The van der Waals surface area contributed by atoms with E-state index in [9.17, 15) is 0 Å². The summed E-state index contributed by atoms with van der Waals surface area (Å²) >= 11 is 0. The minimum atomic E-state index is 0.345. The van der Waals surface area contributed by atoms with Crippen LogP contribution in [0.15, 0.2) is 22.8 Å². The second-order valence-corrected chi connectivity index (χ2v) is 3.72. The predicted octanol–water partition coefficient (Wildman–Crippen LogP) is 1.88. The largest absolute Gasteiger partial charge is 0.468 e. The van der Waals surface area contributed by atoms with E-state index in [0.29, 0.717) is 6.04 Å². The molecular weight excluding hydrogens is 176 g/mol. The van der Waals surface area contributed by atoms with Gasteiger partial charge in [-0.05, 0) is 45.7 Å². The van der Waals surface area contributed by atoms with Crippen LogP contribution in [0.1, 0.15) is 25.1 Å². The lowest BCUT2D eigenvalue weighted by Crippen LogP contribution is -2.25. The maximum atomic E-state index is 5.40. The predicted molar refractivity (Wildman–Crippen MR) is 58.3 cm³/mol. The highest BCUT2D eigenvalue weighted by Gasteiger charge is 2.12. The summed E-state index contributed by atoms with van der Waals surface area (Å²) < 4.78 is 5.40. The third-order valence-corrected chi connectivity index (χ3v) is 2.20. The molecule has 0 aromatic carbocycles. The lowest BCUT2D eigenvalue weighted by atomic mass is 10.1. The van der Waals surface area contributed by atoms with Gasteiger partial charge in [0.25, 0.3) is 0 Å². The van der Waals surface area contributed by atoms with Crippen LogP contribution in [-0.4, -0.2) is 32.1 Å². The smallest absolute Gasteiger partial charge is 0.120 e. The van der Waals surface area contributed by atoms with Gasteiger partial charge in [-0.15, -0.1) is 0 Å². The SMILES string of the molecule is CCNC(CCN(C)C)c1ccco1. The van der Waals surface area contributed by atoms with Gasteiger partial charge in [0, 0.05) is 0 Å². The Morgan fingerprint density at radius 1 is 1.50 bits per heavy atom. The standard InChI is InChI=1S/C11H20N2O/c1-4-12-10(7-8-13(2)3)11-6-5-9-14-11/h5-6,9-10,12H,4,7-8H2,1-3H3. The van der Waals surface area contributed by atoms with Crippen molar-refractivity contribution in [2.75, 3.05) is 27.2 Å². The van der Waals surface area contributed by atoms with Crippen molar-refractivity contribution in [3.63, 3.8) is 0 Å². The number of rotatable bonds is 6. The number of furan rings is 1. The van der Waals surface area contributed by atoms with Crippen molar-refractivity contribution in [2.24, 2.45) is 0 Å². The van der Waals surface area contributed by atoms with E-state index in [0.717, 1.165) is 25.3 Å². The molecule has 0 fully saturated rings. The molecule has 1 heterocycles. The van der Waals surface area contributed by atoms with Crippen molar-refractivity contribution < 1.29 is 4.42 Å². The van der Waals surface area contributed by atoms with Crippen LogP contribution < -0.4 is 5.32 Å². The van der Waals surface area contributed by atoms with Crippen LogP contribution >= 0.6 is 0 Å². The van der Waals surface area contributed by atoms with Gasteiger partial charge >= 0.3 is 0 Å². The zero-order valence-corrected chi connectivity index (χ0v) is 9.29. The van der Waals surface area contributed by atoms with Gasteiger partial charge < -0.3 is 14.6 Å². The molecule has 1 aromatic rings. The van der Waals surface area contributed by atoms with Crippen molar-refractivity contribution in [1.29, 1.82) is 0 Å². The van der Waals surface area contributed by atoms with Crippen LogP contribution in [0.4, 0.5) is 0 Å². The number of hydrogen-bond donors (Lipinski definition) is 1. The van der Waals surface area contributed by atoms with Crippen LogP contribution in [-0.2, 0) is 0 Å². The third-order valence-electron chi connectivity index (χ3n) is 2.20. The molecule has 0 saturated carbocycles. The highest BCUT2D eigenvalue weighted by Crippen LogP contribution is 2.16. The molecule has 1 unspecified atom stereocenters. The molecule has 0 spiro atoms. The molecule has 80 valence electrons. The molecule has 3 nitrogen and oxygen atoms in total. The molecule has 0 aliphatic heterocycles. The molecule has 0 aliphatic carbocycles. The van der Waals surface area contributed by atoms with Crippen LogP contribution in [0.3, 0.4) is 0 Å². The summed E-state index contributed by atoms with van der Waals surface area (Å²) in [4.78, 5) is 2.19. The molecule has 0 saturated heterocycles. The second-order valence-electron chi connectivity index (χ2n) is 3.72. The van der Waals surface area contributed by atoms with Gasteiger partial charge in [-0.3, -0.25) is 0 Å². The molecule has 1 rings (SSSR count). The molecule has 3 heteroatoms. The first kappa shape index (κ1) is 11.3. The lowest BCUT2D eigenvalue weighted by Gasteiger charge is -2.17. The Kier molecular flexibility index (Phi) is 4.70. The topological polar surface area (TPSA) is 28.4 Å². The van der Waals surface area contributed by atoms with E-state index in [1.54, 1.807) is 6.26 Å². The first-order valence-corrected chi connectivity index (χ1v) is 5.15. The molecule has 1 N–H and O–H groups in total. The van der Waals surface area contributed by atoms with Gasteiger partial charge in [0.05, 0.1) is 12.3 Å². The quantitative estimate of drug-likeness (QED) is 0.753. The Morgan fingerprint density at radius 3 is 2.79 bits per heavy atom. The van der Waals surface area contributed by atoms with E-state index in [1.807, 2.05) is 12.1 Å². The van der Waals surface area contributed by atoms with Gasteiger partial charge in [-0.1, -0.05) is 6.92 Å². The van der Waals surface area contributed by atoms with E-state index in [-0.39, 0.29) is 0 Å². The van der Waals surface area contributed by atoms with Gasteiger partial charge in [0.2, 0.25) is 0 Å². The fourth-order valence-corrected chi connectivity index (χ4v) is 1.47. The number of nitrogens with one attached hydrogen (secondary N) is 1. The van der Waals surface area contributed by atoms with Crippen molar-refractivity contribution in [3.8, 4) is 0 Å². The zero-order valence-electron chi connectivity index (χ0n) is 9.29. The minimum Gasteiger partial charge on any atom is -0.468 e. The van der Waals surface area contributed by atoms with Crippen LogP contribution in [0.5, 0.6) is 0 Å². The van der Waals surface area contributed by atoms with E-state index < -0.39 is 0 Å². The summed E-state index contributed by atoms with van der Waals surface area (Å²) in [6.07, 6.45) is 2.81. The normalized spacial score (nSPS) is 13.4. The average Bonchev–Trinajstić information content (AvgIpc) is 2.64. The summed E-state index contributed by atoms with van der Waals surface area (Å²) in [5.41, 5.74) is 0. The van der Waals surface area contributed by atoms with Crippen molar-refractivity contribution in [2.45, 2.75) is 19.4 Å². The summed E-state index contributed by atoms with van der Waals surface area (Å²) in [5, 5.41) is 3.42. The molecule has 0 bridgehead atoms. The van der Waals surface area contributed by atoms with Gasteiger partial charge in [-0.25, -0.2) is 0 Å². The highest BCUT2D eigenvalue weighted by molar-refractivity contribution is 5.04. The maximum Gasteiger partial charge on any atom is 0.120 e. The molecule has 0 aliphatic rings. The molecule has 0 radical (unpaired) electrons. The Labute approximate surface area is 86.1 Å². The Hall–Kier alpha value is -0.800. The van der Waals surface area contributed by atoms with E-state index >= 15 is 0 Å². The molecule has 1 aromatic heterocycles. The molecule has 0 amide bonds. The number of hydrogen-bond acceptors (Lipinski definition) is 3. The molecule has 1 atom stereocenters. The van der Waals surface area contributed by atoms with Crippen LogP contribution in [0, 0.1) is 0 Å². The fourth-order valence-electron chi connectivity index (χ4n) is 1.47. The Balaban J connectivity index is 2.47. The van der Waals surface area contributed by atoms with Gasteiger partial charge in [0.15, 0.2) is 0 Å². The average molecular weight is 196 g/mol. The maximum absolute atomic E-state index is 5.40. The Morgan fingerprint density at radius 2 is 2.29 bits per heavy atom. The van der Waals surface area contributed by atoms with Crippen molar-refractivity contribution >= 4 is 0 Å². The van der Waals surface area contributed by atoms with Crippen molar-refractivity contribution in [1.82, 2.24) is 10.2 Å². The summed E-state index contributed by atoms with van der Waals surface area (Å²) in [6.45, 7) is 4.16. The van der Waals surface area contributed by atoms with Crippen LogP contribution in [0.2, 0.25) is 0 Å². The van der Waals surface area contributed by atoms with E-state index in [1.165, 1.54) is 0 Å². The summed E-state index contributed by atoms with van der Waals surface area (Å²) in [5.74, 6) is 1.04. The Bertz CT molecular complexity index is 231. The van der Waals surface area contributed by atoms with E-state index in [2.05, 4.69) is 31.2 Å². The number of nitrogens with zero attached hydrogens (tertiary/aromatic N) is 1. The van der Waals surface area contributed by atoms with Crippen LogP contribution in [0.25, 0.3) is 0 Å². The molecule has 14 heavy (non-hydrogen) atoms. The summed E-state index contributed by atoms with van der Waals surface area (Å²) in [7, 11) is 4.18.